The van der Waals surface area contributed by atoms with E-state index >= 15 is 0 Å². The summed E-state index contributed by atoms with van der Waals surface area (Å²) in [4.78, 5) is 18.7. The monoisotopic (exact) mass is 261 g/mol. The van der Waals surface area contributed by atoms with Gasteiger partial charge in [-0.15, -0.1) is 0 Å². The number of aromatic nitrogens is 1. The standard InChI is InChI=1S/C15H23N3O/c1-12(2)15(6-8-17-11-15)14(19)18(3)10-13-5-4-7-16-9-13/h4-5,7,9,12,17H,6,8,10-11H2,1-3H3. The minimum atomic E-state index is -0.239. The van der Waals surface area contributed by atoms with Crippen molar-refractivity contribution < 1.29 is 4.79 Å². The van der Waals surface area contributed by atoms with Crippen molar-refractivity contribution in [3.63, 3.8) is 0 Å². The smallest absolute Gasteiger partial charge is 0.230 e. The first-order valence-electron chi connectivity index (χ1n) is 6.91. The van der Waals surface area contributed by atoms with Gasteiger partial charge in [-0.3, -0.25) is 9.78 Å². The van der Waals surface area contributed by atoms with Crippen molar-refractivity contribution in [2.45, 2.75) is 26.8 Å². The third-order valence-corrected chi connectivity index (χ3v) is 4.21. The molecular formula is C15H23N3O. The molecule has 19 heavy (non-hydrogen) atoms. The molecule has 104 valence electrons. The average molecular weight is 261 g/mol. The molecule has 4 heteroatoms. The Bertz CT molecular complexity index is 424. The first-order valence-corrected chi connectivity index (χ1v) is 6.91. The van der Waals surface area contributed by atoms with E-state index in [-0.39, 0.29) is 11.3 Å². The van der Waals surface area contributed by atoms with E-state index in [1.807, 2.05) is 30.3 Å². The van der Waals surface area contributed by atoms with Crippen LogP contribution in [0.2, 0.25) is 0 Å². The van der Waals surface area contributed by atoms with Gasteiger partial charge >= 0.3 is 0 Å². The van der Waals surface area contributed by atoms with Crippen LogP contribution >= 0.6 is 0 Å². The molecule has 1 aliphatic rings. The number of nitrogens with one attached hydrogen (secondary N) is 1. The first-order chi connectivity index (χ1) is 9.06. The van der Waals surface area contributed by atoms with E-state index in [0.717, 1.165) is 25.1 Å². The summed E-state index contributed by atoms with van der Waals surface area (Å²) in [5.41, 5.74) is 0.833. The third-order valence-electron chi connectivity index (χ3n) is 4.21. The van der Waals surface area contributed by atoms with Crippen LogP contribution in [0.25, 0.3) is 0 Å². The second-order valence-electron chi connectivity index (χ2n) is 5.76. The van der Waals surface area contributed by atoms with Gasteiger partial charge in [-0.2, -0.15) is 0 Å². The summed E-state index contributed by atoms with van der Waals surface area (Å²) < 4.78 is 0. The molecule has 0 bridgehead atoms. The van der Waals surface area contributed by atoms with E-state index in [9.17, 15) is 4.79 Å². The van der Waals surface area contributed by atoms with Crippen molar-refractivity contribution in [1.29, 1.82) is 0 Å². The zero-order valence-electron chi connectivity index (χ0n) is 12.0. The van der Waals surface area contributed by atoms with Gasteiger partial charge in [0, 0.05) is 32.5 Å². The van der Waals surface area contributed by atoms with Gasteiger partial charge in [-0.05, 0) is 30.5 Å². The molecule has 0 radical (unpaired) electrons. The van der Waals surface area contributed by atoms with Crippen molar-refractivity contribution in [3.8, 4) is 0 Å². The van der Waals surface area contributed by atoms with Crippen LogP contribution in [0.15, 0.2) is 24.5 Å². The summed E-state index contributed by atoms with van der Waals surface area (Å²) in [7, 11) is 1.89. The quantitative estimate of drug-likeness (QED) is 0.897. The minimum Gasteiger partial charge on any atom is -0.341 e. The molecule has 4 nitrogen and oxygen atoms in total. The highest BCUT2D eigenvalue weighted by Gasteiger charge is 2.45. The Kier molecular flexibility index (Phi) is 4.20. The van der Waals surface area contributed by atoms with E-state index in [0.29, 0.717) is 12.5 Å². The molecule has 1 fully saturated rings. The average Bonchev–Trinajstić information content (AvgIpc) is 2.89. The maximum Gasteiger partial charge on any atom is 0.230 e. The molecule has 0 aromatic carbocycles. The van der Waals surface area contributed by atoms with Crippen LogP contribution in [0.1, 0.15) is 25.8 Å². The van der Waals surface area contributed by atoms with Crippen LogP contribution in [0, 0.1) is 11.3 Å². The lowest BCUT2D eigenvalue weighted by Crippen LogP contribution is -2.46. The highest BCUT2D eigenvalue weighted by Crippen LogP contribution is 2.36. The Labute approximate surface area is 115 Å². The van der Waals surface area contributed by atoms with Gasteiger partial charge in [-0.1, -0.05) is 19.9 Å². The largest absolute Gasteiger partial charge is 0.341 e. The van der Waals surface area contributed by atoms with Crippen molar-refractivity contribution in [2.75, 3.05) is 20.1 Å². The minimum absolute atomic E-state index is 0.239. The maximum atomic E-state index is 12.8. The van der Waals surface area contributed by atoms with Crippen LogP contribution in [0.3, 0.4) is 0 Å². The predicted molar refractivity (Wildman–Crippen MR) is 75.5 cm³/mol. The van der Waals surface area contributed by atoms with E-state index in [2.05, 4.69) is 24.1 Å². The molecule has 2 rings (SSSR count). The van der Waals surface area contributed by atoms with Gasteiger partial charge in [0.05, 0.1) is 5.41 Å². The molecule has 1 atom stereocenters. The molecule has 0 spiro atoms. The Morgan fingerprint density at radius 3 is 2.89 bits per heavy atom. The number of carbonyl (C=O) groups is 1. The van der Waals surface area contributed by atoms with Crippen LogP contribution in [0.5, 0.6) is 0 Å². The van der Waals surface area contributed by atoms with Crippen LogP contribution in [-0.2, 0) is 11.3 Å². The summed E-state index contributed by atoms with van der Waals surface area (Å²) in [6.45, 7) is 6.64. The van der Waals surface area contributed by atoms with Crippen LogP contribution in [0.4, 0.5) is 0 Å². The van der Waals surface area contributed by atoms with E-state index in [1.165, 1.54) is 0 Å². The lowest BCUT2D eigenvalue weighted by molar-refractivity contribution is -0.142. The normalized spacial score (nSPS) is 22.7. The number of nitrogens with zero attached hydrogens (tertiary/aromatic N) is 2. The Balaban J connectivity index is 2.10. The number of amides is 1. The maximum absolute atomic E-state index is 12.8. The van der Waals surface area contributed by atoms with E-state index < -0.39 is 0 Å². The first kappa shape index (κ1) is 14.0. The van der Waals surface area contributed by atoms with Gasteiger partial charge in [0.25, 0.3) is 0 Å². The molecule has 0 saturated carbocycles. The van der Waals surface area contributed by atoms with Crippen molar-refractivity contribution >= 4 is 5.91 Å². The highest BCUT2D eigenvalue weighted by molar-refractivity contribution is 5.83. The van der Waals surface area contributed by atoms with Crippen LogP contribution < -0.4 is 5.32 Å². The second kappa shape index (κ2) is 5.70. The fourth-order valence-corrected chi connectivity index (χ4v) is 2.85. The molecule has 1 amide bonds. The molecule has 1 saturated heterocycles. The molecule has 0 aliphatic carbocycles. The fourth-order valence-electron chi connectivity index (χ4n) is 2.85. The molecule has 1 unspecified atom stereocenters. The van der Waals surface area contributed by atoms with Crippen molar-refractivity contribution in [3.05, 3.63) is 30.1 Å². The summed E-state index contributed by atoms with van der Waals surface area (Å²) in [6, 6.07) is 3.91. The Morgan fingerprint density at radius 1 is 1.58 bits per heavy atom. The number of hydrogen-bond donors (Lipinski definition) is 1. The molecule has 1 aromatic rings. The zero-order valence-corrected chi connectivity index (χ0v) is 12.0. The predicted octanol–water partition coefficient (Wildman–Crippen LogP) is 1.68. The Hall–Kier alpha value is -1.42. The van der Waals surface area contributed by atoms with Crippen molar-refractivity contribution in [1.82, 2.24) is 15.2 Å². The number of pyridine rings is 1. The van der Waals surface area contributed by atoms with Crippen LogP contribution in [-0.4, -0.2) is 35.9 Å². The summed E-state index contributed by atoms with van der Waals surface area (Å²) in [5, 5.41) is 3.33. The van der Waals surface area contributed by atoms with Gasteiger partial charge in [0.1, 0.15) is 0 Å². The SMILES string of the molecule is CC(C)C1(C(=O)N(C)Cc2cccnc2)CCNC1. The summed E-state index contributed by atoms with van der Waals surface area (Å²) in [6.07, 6.45) is 4.50. The summed E-state index contributed by atoms with van der Waals surface area (Å²) in [5.74, 6) is 0.600. The zero-order chi connectivity index (χ0) is 13.9. The van der Waals surface area contributed by atoms with Crippen molar-refractivity contribution in [2.24, 2.45) is 11.3 Å². The second-order valence-corrected chi connectivity index (χ2v) is 5.76. The molecule has 2 heterocycles. The van der Waals surface area contributed by atoms with E-state index in [1.54, 1.807) is 6.20 Å². The molecule has 1 aromatic heterocycles. The topological polar surface area (TPSA) is 45.2 Å². The number of carbonyl (C=O) groups excluding carboxylic acids is 1. The number of hydrogen-bond acceptors (Lipinski definition) is 3. The lowest BCUT2D eigenvalue weighted by atomic mass is 9.75. The number of rotatable bonds is 4. The fraction of sp³-hybridized carbons (Fsp3) is 0.600. The van der Waals surface area contributed by atoms with E-state index in [4.69, 9.17) is 0 Å². The van der Waals surface area contributed by atoms with Gasteiger partial charge in [0.15, 0.2) is 0 Å². The third kappa shape index (κ3) is 2.78. The van der Waals surface area contributed by atoms with Gasteiger partial charge in [0.2, 0.25) is 5.91 Å². The molecule has 1 N–H and O–H groups in total. The lowest BCUT2D eigenvalue weighted by Gasteiger charge is -2.35. The van der Waals surface area contributed by atoms with Gasteiger partial charge in [-0.25, -0.2) is 0 Å². The molecular weight excluding hydrogens is 238 g/mol. The van der Waals surface area contributed by atoms with Gasteiger partial charge < -0.3 is 10.2 Å². The highest BCUT2D eigenvalue weighted by atomic mass is 16.2. The Morgan fingerprint density at radius 2 is 2.37 bits per heavy atom. The summed E-state index contributed by atoms with van der Waals surface area (Å²) >= 11 is 0. The molecule has 1 aliphatic heterocycles.